The van der Waals surface area contributed by atoms with E-state index in [1.807, 2.05) is 31.2 Å². The third-order valence-electron chi connectivity index (χ3n) is 5.23. The quantitative estimate of drug-likeness (QED) is 0.404. The molecule has 0 N–H and O–H groups in total. The van der Waals surface area contributed by atoms with E-state index in [9.17, 15) is 9.59 Å². The number of amides is 1. The number of aliphatic imine (C=N–C) groups is 1. The van der Waals surface area contributed by atoms with E-state index in [0.29, 0.717) is 27.9 Å². The molecule has 2 aromatic rings. The van der Waals surface area contributed by atoms with Gasteiger partial charge in [0, 0.05) is 37.5 Å². The van der Waals surface area contributed by atoms with Crippen molar-refractivity contribution in [3.05, 3.63) is 58.5 Å². The van der Waals surface area contributed by atoms with Crippen LogP contribution in [0.1, 0.15) is 36.7 Å². The van der Waals surface area contributed by atoms with Crippen LogP contribution in [0.5, 0.6) is 5.75 Å². The minimum Gasteiger partial charge on any atom is -0.493 e. The van der Waals surface area contributed by atoms with Crippen LogP contribution in [-0.2, 0) is 9.53 Å². The fourth-order valence-electron chi connectivity index (χ4n) is 3.40. The molecule has 1 fully saturated rings. The maximum absolute atomic E-state index is 12.9. The summed E-state index contributed by atoms with van der Waals surface area (Å²) in [7, 11) is 3.04. The van der Waals surface area contributed by atoms with Crippen LogP contribution in [0.4, 0.5) is 11.4 Å². The number of amidine groups is 1. The minimum atomic E-state index is -0.404. The maximum Gasteiger partial charge on any atom is 0.337 e. The molecule has 0 saturated carbocycles. The topological polar surface area (TPSA) is 71.4 Å². The Morgan fingerprint density at radius 3 is 2.42 bits per heavy atom. The smallest absolute Gasteiger partial charge is 0.337 e. The Bertz CT molecular complexity index is 1080. The molecule has 0 aliphatic carbocycles. The van der Waals surface area contributed by atoms with Crippen molar-refractivity contribution in [3.8, 4) is 5.75 Å². The summed E-state index contributed by atoms with van der Waals surface area (Å²) in [6, 6.07) is 12.8. The Morgan fingerprint density at radius 1 is 1.12 bits per heavy atom. The third kappa shape index (κ3) is 5.57. The van der Waals surface area contributed by atoms with Crippen LogP contribution in [0.25, 0.3) is 6.08 Å². The first-order valence-electron chi connectivity index (χ1n) is 10.9. The van der Waals surface area contributed by atoms with Crippen LogP contribution in [0, 0.1) is 0 Å². The SMILES string of the molecule is CCOc1cc(N(CC)CC)ccc1/C=C1\SC(=Nc2ccc(C(=O)OC)cc2)N(C)C1=O. The highest BCUT2D eigenvalue weighted by atomic mass is 32.2. The molecule has 0 radical (unpaired) electrons. The average Bonchev–Trinajstić information content (AvgIpc) is 3.09. The molecule has 0 unspecified atom stereocenters. The predicted molar refractivity (Wildman–Crippen MR) is 134 cm³/mol. The van der Waals surface area contributed by atoms with Gasteiger partial charge in [0.2, 0.25) is 0 Å². The third-order valence-corrected chi connectivity index (χ3v) is 6.29. The number of hydrogen-bond acceptors (Lipinski definition) is 7. The summed E-state index contributed by atoms with van der Waals surface area (Å²) in [5.41, 5.74) is 3.03. The van der Waals surface area contributed by atoms with E-state index in [2.05, 4.69) is 23.7 Å². The van der Waals surface area contributed by atoms with Crippen LogP contribution >= 0.6 is 11.8 Å². The van der Waals surface area contributed by atoms with Gasteiger partial charge in [-0.15, -0.1) is 0 Å². The number of anilines is 1. The normalized spacial score (nSPS) is 15.9. The lowest BCUT2D eigenvalue weighted by Gasteiger charge is -2.22. The molecule has 0 bridgehead atoms. The predicted octanol–water partition coefficient (Wildman–Crippen LogP) is 4.95. The lowest BCUT2D eigenvalue weighted by atomic mass is 10.1. The number of methoxy groups -OCH3 is 1. The number of thioether (sulfide) groups is 1. The zero-order valence-electron chi connectivity index (χ0n) is 19.6. The Labute approximate surface area is 199 Å². The van der Waals surface area contributed by atoms with Gasteiger partial charge in [-0.05, 0) is 75.0 Å². The summed E-state index contributed by atoms with van der Waals surface area (Å²) in [5.74, 6) is 0.216. The van der Waals surface area contributed by atoms with Gasteiger partial charge < -0.3 is 14.4 Å². The molecule has 2 aromatic carbocycles. The molecule has 1 heterocycles. The van der Waals surface area contributed by atoms with E-state index in [4.69, 9.17) is 9.47 Å². The number of nitrogens with zero attached hydrogens (tertiary/aromatic N) is 3. The van der Waals surface area contributed by atoms with E-state index >= 15 is 0 Å². The molecule has 33 heavy (non-hydrogen) atoms. The van der Waals surface area contributed by atoms with Crippen molar-refractivity contribution in [2.24, 2.45) is 4.99 Å². The molecular weight excluding hydrogens is 438 g/mol. The van der Waals surface area contributed by atoms with E-state index < -0.39 is 5.97 Å². The molecule has 174 valence electrons. The Kier molecular flexibility index (Phi) is 8.16. The van der Waals surface area contributed by atoms with Gasteiger partial charge in [-0.1, -0.05) is 0 Å². The van der Waals surface area contributed by atoms with E-state index in [1.54, 1.807) is 31.3 Å². The van der Waals surface area contributed by atoms with Crippen LogP contribution in [0.2, 0.25) is 0 Å². The van der Waals surface area contributed by atoms with Crippen LogP contribution in [-0.4, -0.2) is 55.8 Å². The number of ether oxygens (including phenoxy) is 2. The maximum atomic E-state index is 12.9. The van der Waals surface area contributed by atoms with Gasteiger partial charge in [0.15, 0.2) is 5.17 Å². The molecule has 0 spiro atoms. The summed E-state index contributed by atoms with van der Waals surface area (Å²) in [4.78, 5) is 33.4. The van der Waals surface area contributed by atoms with Gasteiger partial charge in [0.25, 0.3) is 5.91 Å². The summed E-state index contributed by atoms with van der Waals surface area (Å²) in [6.07, 6.45) is 1.85. The lowest BCUT2D eigenvalue weighted by molar-refractivity contribution is -0.121. The molecule has 0 atom stereocenters. The molecule has 1 aliphatic heterocycles. The zero-order valence-corrected chi connectivity index (χ0v) is 20.4. The summed E-state index contributed by atoms with van der Waals surface area (Å²) >= 11 is 1.31. The minimum absolute atomic E-state index is 0.125. The summed E-state index contributed by atoms with van der Waals surface area (Å²) < 4.78 is 10.6. The monoisotopic (exact) mass is 467 g/mol. The van der Waals surface area contributed by atoms with Crippen LogP contribution in [0.3, 0.4) is 0 Å². The van der Waals surface area contributed by atoms with E-state index in [1.165, 1.54) is 23.8 Å². The van der Waals surface area contributed by atoms with Crippen LogP contribution < -0.4 is 9.64 Å². The highest BCUT2D eigenvalue weighted by Crippen LogP contribution is 2.36. The molecular formula is C25H29N3O4S. The lowest BCUT2D eigenvalue weighted by Crippen LogP contribution is -2.23. The highest BCUT2D eigenvalue weighted by molar-refractivity contribution is 8.18. The second-order valence-electron chi connectivity index (χ2n) is 7.24. The number of benzene rings is 2. The van der Waals surface area contributed by atoms with Gasteiger partial charge in [0.1, 0.15) is 5.75 Å². The van der Waals surface area contributed by atoms with Crippen molar-refractivity contribution in [2.45, 2.75) is 20.8 Å². The number of esters is 1. The van der Waals surface area contributed by atoms with E-state index in [0.717, 1.165) is 30.1 Å². The van der Waals surface area contributed by atoms with Gasteiger partial charge in [0.05, 0.1) is 29.9 Å². The summed E-state index contributed by atoms with van der Waals surface area (Å²) in [6.45, 7) is 8.53. The fourth-order valence-corrected chi connectivity index (χ4v) is 4.38. The first-order chi connectivity index (χ1) is 15.9. The van der Waals surface area contributed by atoms with Crippen molar-refractivity contribution in [1.82, 2.24) is 4.90 Å². The van der Waals surface area contributed by atoms with Gasteiger partial charge >= 0.3 is 5.97 Å². The van der Waals surface area contributed by atoms with Crippen molar-refractivity contribution in [3.63, 3.8) is 0 Å². The molecule has 1 amide bonds. The van der Waals surface area contributed by atoms with Crippen molar-refractivity contribution < 1.29 is 19.1 Å². The number of hydrogen-bond donors (Lipinski definition) is 0. The number of carbonyl (C=O) groups is 2. The van der Waals surface area contributed by atoms with Crippen molar-refractivity contribution in [2.75, 3.05) is 38.8 Å². The molecule has 1 aliphatic rings. The number of rotatable bonds is 8. The zero-order chi connectivity index (χ0) is 24.0. The van der Waals surface area contributed by atoms with Gasteiger partial charge in [-0.25, -0.2) is 9.79 Å². The number of carbonyl (C=O) groups excluding carboxylic acids is 2. The number of likely N-dealkylation sites (N-methyl/N-ethyl adjacent to an activating group) is 1. The molecule has 8 heteroatoms. The molecule has 1 saturated heterocycles. The molecule has 3 rings (SSSR count). The summed E-state index contributed by atoms with van der Waals surface area (Å²) in [5, 5.41) is 0.565. The Morgan fingerprint density at radius 2 is 1.82 bits per heavy atom. The highest BCUT2D eigenvalue weighted by Gasteiger charge is 2.30. The van der Waals surface area contributed by atoms with E-state index in [-0.39, 0.29) is 5.91 Å². The van der Waals surface area contributed by atoms with Crippen molar-refractivity contribution >= 4 is 46.3 Å². The Hall–Kier alpha value is -3.26. The second kappa shape index (κ2) is 11.0. The molecule has 7 nitrogen and oxygen atoms in total. The second-order valence-corrected chi connectivity index (χ2v) is 8.24. The largest absolute Gasteiger partial charge is 0.493 e. The van der Waals surface area contributed by atoms with Gasteiger partial charge in [-0.3, -0.25) is 9.69 Å². The first kappa shape index (κ1) is 24.4. The van der Waals surface area contributed by atoms with Crippen molar-refractivity contribution in [1.29, 1.82) is 0 Å². The fraction of sp³-hybridized carbons (Fsp3) is 0.320. The standard InChI is InChI=1S/C25H29N3O4S/c1-6-28(7-2)20-14-11-18(21(16-20)32-8-3)15-22-23(29)27(4)25(33-22)26-19-12-9-17(10-13-19)24(30)31-5/h9-16H,6-8H2,1-5H3/b22-15-,26-25?. The average molecular weight is 468 g/mol. The van der Waals surface area contributed by atoms with Gasteiger partial charge in [-0.2, -0.15) is 0 Å². The van der Waals surface area contributed by atoms with Crippen LogP contribution in [0.15, 0.2) is 52.4 Å². The first-order valence-corrected chi connectivity index (χ1v) is 11.7. The molecule has 0 aromatic heterocycles. The Balaban J connectivity index is 1.88.